The average molecular weight is 158 g/mol. The van der Waals surface area contributed by atoms with Crippen molar-refractivity contribution >= 4 is 5.69 Å². The average Bonchev–Trinajstić information content (AvgIpc) is 2.89. The Kier molecular flexibility index (Phi) is 1.71. The minimum Gasteiger partial charge on any atom is -0.381 e. The van der Waals surface area contributed by atoms with E-state index in [9.17, 15) is 0 Å². The highest BCUT2D eigenvalue weighted by Crippen LogP contribution is 2.26. The van der Waals surface area contributed by atoms with E-state index in [4.69, 9.17) is 5.26 Å². The summed E-state index contributed by atoms with van der Waals surface area (Å²) in [5.41, 5.74) is 1.71. The molecule has 0 saturated heterocycles. The minimum atomic E-state index is 0.611. The van der Waals surface area contributed by atoms with E-state index < -0.39 is 0 Å². The van der Waals surface area contributed by atoms with Gasteiger partial charge < -0.3 is 5.32 Å². The second-order valence-corrected chi connectivity index (χ2v) is 3.08. The molecule has 1 aliphatic rings. The quantitative estimate of drug-likeness (QED) is 0.715. The summed E-state index contributed by atoms with van der Waals surface area (Å²) in [7, 11) is 0. The van der Waals surface area contributed by atoms with Crippen LogP contribution in [0.25, 0.3) is 0 Å². The number of para-hydroxylation sites is 1. The first-order valence-electron chi connectivity index (χ1n) is 4.16. The summed E-state index contributed by atoms with van der Waals surface area (Å²) in [4.78, 5) is 0. The Hall–Kier alpha value is -1.49. The molecule has 0 atom stereocenters. The summed E-state index contributed by atoms with van der Waals surface area (Å²) in [5.74, 6) is 0. The third kappa shape index (κ3) is 1.40. The Morgan fingerprint density at radius 3 is 2.75 bits per heavy atom. The lowest BCUT2D eigenvalue weighted by Gasteiger charge is -2.04. The van der Waals surface area contributed by atoms with Crippen molar-refractivity contribution in [2.45, 2.75) is 18.9 Å². The standard InChI is InChI=1S/C10H10N2/c11-7-8-3-1-2-4-10(8)12-9-5-6-9/h1-4,9,12H,5-6H2. The minimum absolute atomic E-state index is 0.611. The van der Waals surface area contributed by atoms with Crippen molar-refractivity contribution in [1.82, 2.24) is 0 Å². The molecular weight excluding hydrogens is 148 g/mol. The highest BCUT2D eigenvalue weighted by molar-refractivity contribution is 5.58. The van der Waals surface area contributed by atoms with Crippen molar-refractivity contribution in [3.8, 4) is 6.07 Å². The Bertz CT molecular complexity index is 321. The molecule has 1 N–H and O–H groups in total. The molecule has 2 heteroatoms. The molecule has 0 amide bonds. The van der Waals surface area contributed by atoms with Crippen molar-refractivity contribution < 1.29 is 0 Å². The normalized spacial score (nSPS) is 15.2. The van der Waals surface area contributed by atoms with Gasteiger partial charge in [-0.2, -0.15) is 5.26 Å². The van der Waals surface area contributed by atoms with Crippen LogP contribution >= 0.6 is 0 Å². The van der Waals surface area contributed by atoms with E-state index in [-0.39, 0.29) is 0 Å². The molecule has 1 aromatic rings. The molecule has 1 aliphatic carbocycles. The number of hydrogen-bond acceptors (Lipinski definition) is 2. The van der Waals surface area contributed by atoms with E-state index in [0.717, 1.165) is 11.3 Å². The highest BCUT2D eigenvalue weighted by Gasteiger charge is 2.21. The molecule has 60 valence electrons. The molecule has 1 aromatic carbocycles. The molecule has 2 nitrogen and oxygen atoms in total. The second kappa shape index (κ2) is 2.86. The number of nitriles is 1. The van der Waals surface area contributed by atoms with Crippen molar-refractivity contribution in [2.24, 2.45) is 0 Å². The van der Waals surface area contributed by atoms with Gasteiger partial charge in [-0.25, -0.2) is 0 Å². The molecule has 1 saturated carbocycles. The molecular formula is C10H10N2. The maximum absolute atomic E-state index is 8.76. The van der Waals surface area contributed by atoms with Gasteiger partial charge in [-0.05, 0) is 25.0 Å². The fraction of sp³-hybridized carbons (Fsp3) is 0.300. The lowest BCUT2D eigenvalue weighted by Crippen LogP contribution is -2.02. The number of anilines is 1. The van der Waals surface area contributed by atoms with Gasteiger partial charge in [0.1, 0.15) is 6.07 Å². The van der Waals surface area contributed by atoms with Gasteiger partial charge in [0.05, 0.1) is 11.3 Å². The summed E-state index contributed by atoms with van der Waals surface area (Å²) in [6, 6.07) is 10.4. The number of nitrogens with one attached hydrogen (secondary N) is 1. The van der Waals surface area contributed by atoms with Gasteiger partial charge >= 0.3 is 0 Å². The maximum atomic E-state index is 8.76. The number of hydrogen-bond donors (Lipinski definition) is 1. The van der Waals surface area contributed by atoms with Crippen LogP contribution in [0, 0.1) is 11.3 Å². The van der Waals surface area contributed by atoms with Crippen LogP contribution in [0.5, 0.6) is 0 Å². The second-order valence-electron chi connectivity index (χ2n) is 3.08. The van der Waals surface area contributed by atoms with Crippen LogP contribution in [-0.2, 0) is 0 Å². The van der Waals surface area contributed by atoms with E-state index in [2.05, 4.69) is 11.4 Å². The number of rotatable bonds is 2. The fourth-order valence-corrected chi connectivity index (χ4v) is 1.15. The first kappa shape index (κ1) is 7.17. The Labute approximate surface area is 71.8 Å². The Morgan fingerprint density at radius 2 is 2.08 bits per heavy atom. The van der Waals surface area contributed by atoms with Gasteiger partial charge in [-0.1, -0.05) is 12.1 Å². The smallest absolute Gasteiger partial charge is 0.101 e. The zero-order valence-corrected chi connectivity index (χ0v) is 6.75. The van der Waals surface area contributed by atoms with Gasteiger partial charge in [0, 0.05) is 6.04 Å². The van der Waals surface area contributed by atoms with Gasteiger partial charge in [-0.15, -0.1) is 0 Å². The van der Waals surface area contributed by atoms with Crippen LogP contribution in [-0.4, -0.2) is 6.04 Å². The first-order chi connectivity index (χ1) is 5.90. The van der Waals surface area contributed by atoms with Crippen LogP contribution in [0.1, 0.15) is 18.4 Å². The van der Waals surface area contributed by atoms with Crippen LogP contribution in [0.3, 0.4) is 0 Å². The molecule has 0 bridgehead atoms. The van der Waals surface area contributed by atoms with Gasteiger partial charge in [-0.3, -0.25) is 0 Å². The molecule has 0 aliphatic heterocycles. The van der Waals surface area contributed by atoms with Crippen molar-refractivity contribution in [3.63, 3.8) is 0 Å². The van der Waals surface area contributed by atoms with E-state index >= 15 is 0 Å². The van der Waals surface area contributed by atoms with Gasteiger partial charge in [0.25, 0.3) is 0 Å². The van der Waals surface area contributed by atoms with Gasteiger partial charge in [0.2, 0.25) is 0 Å². The van der Waals surface area contributed by atoms with E-state index in [1.54, 1.807) is 0 Å². The predicted octanol–water partition coefficient (Wildman–Crippen LogP) is 2.13. The highest BCUT2D eigenvalue weighted by atomic mass is 15.0. The largest absolute Gasteiger partial charge is 0.381 e. The molecule has 0 heterocycles. The van der Waals surface area contributed by atoms with Crippen LogP contribution in [0.4, 0.5) is 5.69 Å². The molecule has 0 unspecified atom stereocenters. The molecule has 2 rings (SSSR count). The molecule has 0 aromatic heterocycles. The summed E-state index contributed by atoms with van der Waals surface area (Å²) in [6.07, 6.45) is 2.47. The molecule has 0 spiro atoms. The van der Waals surface area contributed by atoms with E-state index in [1.165, 1.54) is 12.8 Å². The van der Waals surface area contributed by atoms with E-state index in [1.807, 2.05) is 24.3 Å². The van der Waals surface area contributed by atoms with Crippen molar-refractivity contribution in [1.29, 1.82) is 5.26 Å². The molecule has 1 fully saturated rings. The van der Waals surface area contributed by atoms with Crippen LogP contribution in [0.2, 0.25) is 0 Å². The number of benzene rings is 1. The third-order valence-electron chi connectivity index (χ3n) is 1.98. The monoisotopic (exact) mass is 158 g/mol. The van der Waals surface area contributed by atoms with Crippen LogP contribution < -0.4 is 5.32 Å². The van der Waals surface area contributed by atoms with Crippen LogP contribution in [0.15, 0.2) is 24.3 Å². The summed E-state index contributed by atoms with van der Waals surface area (Å²) < 4.78 is 0. The summed E-state index contributed by atoms with van der Waals surface area (Å²) in [5, 5.41) is 12.1. The lowest BCUT2D eigenvalue weighted by atomic mass is 10.2. The Morgan fingerprint density at radius 1 is 1.33 bits per heavy atom. The molecule has 0 radical (unpaired) electrons. The Balaban J connectivity index is 2.22. The predicted molar refractivity (Wildman–Crippen MR) is 47.8 cm³/mol. The van der Waals surface area contributed by atoms with E-state index in [0.29, 0.717) is 6.04 Å². The fourth-order valence-electron chi connectivity index (χ4n) is 1.15. The lowest BCUT2D eigenvalue weighted by molar-refractivity contribution is 1.15. The summed E-state index contributed by atoms with van der Waals surface area (Å²) >= 11 is 0. The summed E-state index contributed by atoms with van der Waals surface area (Å²) in [6.45, 7) is 0. The zero-order chi connectivity index (χ0) is 8.39. The zero-order valence-electron chi connectivity index (χ0n) is 6.75. The molecule has 12 heavy (non-hydrogen) atoms. The number of nitrogens with zero attached hydrogens (tertiary/aromatic N) is 1. The SMILES string of the molecule is N#Cc1ccccc1NC1CC1. The van der Waals surface area contributed by atoms with Gasteiger partial charge in [0.15, 0.2) is 0 Å². The first-order valence-corrected chi connectivity index (χ1v) is 4.16. The van der Waals surface area contributed by atoms with Crippen molar-refractivity contribution in [2.75, 3.05) is 5.32 Å². The van der Waals surface area contributed by atoms with Crippen molar-refractivity contribution in [3.05, 3.63) is 29.8 Å². The topological polar surface area (TPSA) is 35.8 Å². The third-order valence-corrected chi connectivity index (χ3v) is 1.98. The maximum Gasteiger partial charge on any atom is 0.101 e.